The summed E-state index contributed by atoms with van der Waals surface area (Å²) in [6.45, 7) is 6.46. The van der Waals surface area contributed by atoms with E-state index in [0.29, 0.717) is 13.0 Å². The van der Waals surface area contributed by atoms with Crippen LogP contribution in [0, 0.1) is 13.8 Å². The van der Waals surface area contributed by atoms with E-state index in [0.717, 1.165) is 23.1 Å². The zero-order valence-electron chi connectivity index (χ0n) is 10.7. The molecule has 3 nitrogen and oxygen atoms in total. The van der Waals surface area contributed by atoms with Gasteiger partial charge in [0.15, 0.2) is 6.10 Å². The smallest absolute Gasteiger partial charge is 0.333 e. The van der Waals surface area contributed by atoms with Crippen molar-refractivity contribution in [2.75, 3.05) is 6.61 Å². The fourth-order valence-corrected chi connectivity index (χ4v) is 1.70. The van der Waals surface area contributed by atoms with Gasteiger partial charge in [0.1, 0.15) is 0 Å². The molecule has 94 valence electrons. The molecule has 0 radical (unpaired) electrons. The Morgan fingerprint density at radius 1 is 1.41 bits per heavy atom. The third-order valence-corrected chi connectivity index (χ3v) is 2.71. The number of hydrogen-bond donors (Lipinski definition) is 1. The van der Waals surface area contributed by atoms with Gasteiger partial charge in [-0.1, -0.05) is 30.7 Å². The van der Waals surface area contributed by atoms with E-state index in [4.69, 9.17) is 9.84 Å². The van der Waals surface area contributed by atoms with Gasteiger partial charge in [0.25, 0.3) is 0 Å². The Balaban J connectivity index is 2.78. The van der Waals surface area contributed by atoms with E-state index >= 15 is 0 Å². The third-order valence-electron chi connectivity index (χ3n) is 2.71. The molecule has 0 heterocycles. The number of benzene rings is 1. The van der Waals surface area contributed by atoms with Gasteiger partial charge in [-0.15, -0.1) is 0 Å². The lowest BCUT2D eigenvalue weighted by Gasteiger charge is -2.15. The fourth-order valence-electron chi connectivity index (χ4n) is 1.70. The van der Waals surface area contributed by atoms with Crippen molar-refractivity contribution >= 4 is 5.97 Å². The number of ether oxygens (including phenoxy) is 1. The quantitative estimate of drug-likeness (QED) is 0.826. The first-order chi connectivity index (χ1) is 8.04. The van der Waals surface area contributed by atoms with Crippen LogP contribution in [-0.4, -0.2) is 23.8 Å². The standard InChI is InChI=1S/C14H20O3/c1-4-7-17-13(14(15)16)9-12-8-10(2)5-6-11(12)3/h5-6,8,13H,4,7,9H2,1-3H3,(H,15,16)/t13-/m0/s1. The largest absolute Gasteiger partial charge is 0.479 e. The molecule has 0 saturated carbocycles. The van der Waals surface area contributed by atoms with Crippen LogP contribution in [0.3, 0.4) is 0 Å². The molecule has 1 N–H and O–H groups in total. The molecule has 0 bridgehead atoms. The Hall–Kier alpha value is -1.35. The Morgan fingerprint density at radius 3 is 2.71 bits per heavy atom. The van der Waals surface area contributed by atoms with Gasteiger partial charge in [0.05, 0.1) is 0 Å². The zero-order chi connectivity index (χ0) is 12.8. The molecule has 0 aromatic heterocycles. The normalized spacial score (nSPS) is 12.4. The average molecular weight is 236 g/mol. The molecule has 0 saturated heterocycles. The first-order valence-corrected chi connectivity index (χ1v) is 5.95. The van der Waals surface area contributed by atoms with E-state index in [1.807, 2.05) is 39.0 Å². The minimum Gasteiger partial charge on any atom is -0.479 e. The number of carbonyl (C=O) groups is 1. The molecule has 0 aliphatic carbocycles. The lowest BCUT2D eigenvalue weighted by molar-refractivity contribution is -0.150. The first-order valence-electron chi connectivity index (χ1n) is 5.95. The highest BCUT2D eigenvalue weighted by molar-refractivity contribution is 5.72. The van der Waals surface area contributed by atoms with Crippen molar-refractivity contribution in [3.05, 3.63) is 34.9 Å². The lowest BCUT2D eigenvalue weighted by Crippen LogP contribution is -2.27. The topological polar surface area (TPSA) is 46.5 Å². The maximum atomic E-state index is 11.1. The second-order valence-electron chi connectivity index (χ2n) is 4.33. The predicted molar refractivity (Wildman–Crippen MR) is 67.3 cm³/mol. The molecule has 0 aliphatic rings. The fraction of sp³-hybridized carbons (Fsp3) is 0.500. The summed E-state index contributed by atoms with van der Waals surface area (Å²) in [6, 6.07) is 6.07. The summed E-state index contributed by atoms with van der Waals surface area (Å²) in [6.07, 6.45) is 0.523. The van der Waals surface area contributed by atoms with Crippen molar-refractivity contribution in [1.82, 2.24) is 0 Å². The summed E-state index contributed by atoms with van der Waals surface area (Å²) in [7, 11) is 0. The highest BCUT2D eigenvalue weighted by Gasteiger charge is 2.19. The molecule has 0 aliphatic heterocycles. The summed E-state index contributed by atoms with van der Waals surface area (Å²) in [5.74, 6) is -0.889. The Bertz CT molecular complexity index is 385. The Kier molecular flexibility index (Phi) is 5.16. The van der Waals surface area contributed by atoms with E-state index in [1.54, 1.807) is 0 Å². The highest BCUT2D eigenvalue weighted by Crippen LogP contribution is 2.14. The maximum Gasteiger partial charge on any atom is 0.333 e. The molecule has 1 atom stereocenters. The van der Waals surface area contributed by atoms with Gasteiger partial charge in [-0.2, -0.15) is 0 Å². The molecule has 0 amide bonds. The van der Waals surface area contributed by atoms with Gasteiger partial charge >= 0.3 is 5.97 Å². The Labute approximate surface area is 102 Å². The van der Waals surface area contributed by atoms with Gasteiger partial charge in [-0.25, -0.2) is 4.79 Å². The molecule has 1 aromatic carbocycles. The van der Waals surface area contributed by atoms with E-state index in [1.165, 1.54) is 0 Å². The summed E-state index contributed by atoms with van der Waals surface area (Å²) < 4.78 is 5.35. The second kappa shape index (κ2) is 6.40. The van der Waals surface area contributed by atoms with Gasteiger partial charge in [-0.05, 0) is 31.4 Å². The molecular weight excluding hydrogens is 216 g/mol. The number of hydrogen-bond acceptors (Lipinski definition) is 2. The van der Waals surface area contributed by atoms with Crippen LogP contribution in [0.2, 0.25) is 0 Å². The van der Waals surface area contributed by atoms with Crippen LogP contribution >= 0.6 is 0 Å². The molecule has 0 spiro atoms. The Morgan fingerprint density at radius 2 is 2.12 bits per heavy atom. The molecule has 0 unspecified atom stereocenters. The van der Waals surface area contributed by atoms with Crippen molar-refractivity contribution in [1.29, 1.82) is 0 Å². The van der Waals surface area contributed by atoms with Crippen LogP contribution in [0.25, 0.3) is 0 Å². The highest BCUT2D eigenvalue weighted by atomic mass is 16.5. The van der Waals surface area contributed by atoms with Gasteiger partial charge < -0.3 is 9.84 Å². The van der Waals surface area contributed by atoms with Crippen molar-refractivity contribution in [2.45, 2.75) is 39.7 Å². The third kappa shape index (κ3) is 4.19. The second-order valence-corrected chi connectivity index (χ2v) is 4.33. The molecule has 17 heavy (non-hydrogen) atoms. The monoisotopic (exact) mass is 236 g/mol. The zero-order valence-corrected chi connectivity index (χ0v) is 10.7. The van der Waals surface area contributed by atoms with Gasteiger partial charge in [0, 0.05) is 13.0 Å². The van der Waals surface area contributed by atoms with Gasteiger partial charge in [-0.3, -0.25) is 0 Å². The van der Waals surface area contributed by atoms with Crippen LogP contribution in [0.1, 0.15) is 30.0 Å². The summed E-state index contributed by atoms with van der Waals surface area (Å²) in [5, 5.41) is 9.10. The van der Waals surface area contributed by atoms with Crippen LogP contribution in [-0.2, 0) is 16.0 Å². The molecule has 1 aromatic rings. The first kappa shape index (κ1) is 13.7. The number of carboxylic acid groups (broad SMARTS) is 1. The van der Waals surface area contributed by atoms with Crippen LogP contribution in [0.5, 0.6) is 0 Å². The maximum absolute atomic E-state index is 11.1. The van der Waals surface area contributed by atoms with E-state index < -0.39 is 12.1 Å². The van der Waals surface area contributed by atoms with Crippen molar-refractivity contribution < 1.29 is 14.6 Å². The number of carboxylic acids is 1. The number of aryl methyl sites for hydroxylation is 2. The van der Waals surface area contributed by atoms with Crippen molar-refractivity contribution in [3.63, 3.8) is 0 Å². The summed E-state index contributed by atoms with van der Waals surface area (Å²) in [5.41, 5.74) is 3.31. The minimum absolute atomic E-state index is 0.433. The molecular formula is C14H20O3. The van der Waals surface area contributed by atoms with Crippen LogP contribution in [0.15, 0.2) is 18.2 Å². The number of aliphatic carboxylic acids is 1. The minimum atomic E-state index is -0.889. The SMILES string of the molecule is CCCO[C@@H](Cc1cc(C)ccc1C)C(=O)O. The van der Waals surface area contributed by atoms with Crippen LogP contribution < -0.4 is 0 Å². The van der Waals surface area contributed by atoms with Crippen molar-refractivity contribution in [3.8, 4) is 0 Å². The lowest BCUT2D eigenvalue weighted by atomic mass is 10.00. The molecule has 1 rings (SSSR count). The van der Waals surface area contributed by atoms with E-state index in [9.17, 15) is 4.79 Å². The average Bonchev–Trinajstić information content (AvgIpc) is 2.28. The van der Waals surface area contributed by atoms with Crippen molar-refractivity contribution in [2.24, 2.45) is 0 Å². The summed E-state index contributed by atoms with van der Waals surface area (Å²) >= 11 is 0. The van der Waals surface area contributed by atoms with Gasteiger partial charge in [0.2, 0.25) is 0 Å². The molecule has 0 fully saturated rings. The van der Waals surface area contributed by atoms with Crippen LogP contribution in [0.4, 0.5) is 0 Å². The molecule has 3 heteroatoms. The number of rotatable bonds is 6. The summed E-state index contributed by atoms with van der Waals surface area (Å²) in [4.78, 5) is 11.1. The van der Waals surface area contributed by atoms with E-state index in [-0.39, 0.29) is 0 Å². The van der Waals surface area contributed by atoms with E-state index in [2.05, 4.69) is 0 Å². The predicted octanol–water partition coefficient (Wildman–Crippen LogP) is 2.73.